The van der Waals surface area contributed by atoms with Crippen molar-refractivity contribution in [1.29, 1.82) is 5.41 Å². The Hall–Kier alpha value is -3.59. The number of benzene rings is 2. The molecule has 9 heteroatoms. The van der Waals surface area contributed by atoms with Crippen molar-refractivity contribution in [2.75, 3.05) is 20.3 Å². The number of rotatable bonds is 9. The van der Waals surface area contributed by atoms with E-state index in [1.165, 1.54) is 47.2 Å². The van der Waals surface area contributed by atoms with Gasteiger partial charge in [0.25, 0.3) is 5.91 Å². The third-order valence-electron chi connectivity index (χ3n) is 7.05. The summed E-state index contributed by atoms with van der Waals surface area (Å²) in [6.45, 7) is 4.92. The van der Waals surface area contributed by atoms with Crippen LogP contribution in [-0.4, -0.2) is 47.3 Å². The number of nitrogens with zero attached hydrogens (tertiary/aromatic N) is 3. The van der Waals surface area contributed by atoms with Crippen LogP contribution in [-0.2, 0) is 11.2 Å². The van der Waals surface area contributed by atoms with Crippen LogP contribution in [0, 0.1) is 18.3 Å². The zero-order chi connectivity index (χ0) is 27.4. The summed E-state index contributed by atoms with van der Waals surface area (Å²) in [5.74, 6) is 1.94. The molecule has 0 bridgehead atoms. The number of ether oxygens (including phenoxy) is 3. The standard InChI is InChI=1S/C30H34N4O4S/c1-4-20-14-19(2)15-23(16-20)37-12-13-38-25-11-10-21(18-26(25)36-3)17-24-27(31)34-30(32-28(24)35)39-29(33-34)22-8-6-5-7-9-22/h10-11,14-18,22,31H,4-9,12-13H2,1-3H3/b24-17-,31-27?. The van der Waals surface area contributed by atoms with Crippen molar-refractivity contribution in [2.45, 2.75) is 52.4 Å². The Kier molecular flexibility index (Phi) is 8.35. The molecule has 5 rings (SSSR count). The van der Waals surface area contributed by atoms with Crippen molar-refractivity contribution in [3.8, 4) is 17.2 Å². The van der Waals surface area contributed by atoms with Gasteiger partial charge in [0.2, 0.25) is 5.17 Å². The van der Waals surface area contributed by atoms with Gasteiger partial charge in [-0.15, -0.1) is 0 Å². The predicted molar refractivity (Wildman–Crippen MR) is 156 cm³/mol. The number of methoxy groups -OCH3 is 1. The molecule has 2 heterocycles. The number of amidine groups is 2. The van der Waals surface area contributed by atoms with Crippen LogP contribution < -0.4 is 14.2 Å². The van der Waals surface area contributed by atoms with E-state index in [1.807, 2.05) is 12.1 Å². The number of hydrazone groups is 1. The second-order valence-electron chi connectivity index (χ2n) is 9.91. The molecule has 1 N–H and O–H groups in total. The highest BCUT2D eigenvalue weighted by atomic mass is 32.2. The normalized spacial score (nSPS) is 18.6. The molecule has 39 heavy (non-hydrogen) atoms. The maximum atomic E-state index is 12.9. The highest BCUT2D eigenvalue weighted by Gasteiger charge is 2.38. The predicted octanol–water partition coefficient (Wildman–Crippen LogP) is 6.22. The fraction of sp³-hybridized carbons (Fsp3) is 0.400. The molecule has 2 aliphatic heterocycles. The van der Waals surface area contributed by atoms with E-state index < -0.39 is 5.91 Å². The van der Waals surface area contributed by atoms with Gasteiger partial charge in [0.05, 0.1) is 12.7 Å². The van der Waals surface area contributed by atoms with E-state index in [1.54, 1.807) is 25.3 Å². The second kappa shape index (κ2) is 12.1. The molecule has 1 saturated carbocycles. The number of carbonyl (C=O) groups excluding carboxylic acids is 1. The summed E-state index contributed by atoms with van der Waals surface area (Å²) in [6, 6.07) is 11.6. The summed E-state index contributed by atoms with van der Waals surface area (Å²) in [5.41, 5.74) is 3.31. The van der Waals surface area contributed by atoms with Crippen LogP contribution in [0.5, 0.6) is 17.2 Å². The van der Waals surface area contributed by atoms with Crippen LogP contribution in [0.15, 0.2) is 52.1 Å². The Morgan fingerprint density at radius 2 is 1.87 bits per heavy atom. The average Bonchev–Trinajstić information content (AvgIpc) is 3.38. The summed E-state index contributed by atoms with van der Waals surface area (Å²) in [7, 11) is 1.57. The van der Waals surface area contributed by atoms with Gasteiger partial charge < -0.3 is 14.2 Å². The number of hydrogen-bond donors (Lipinski definition) is 1. The van der Waals surface area contributed by atoms with Gasteiger partial charge in [0.1, 0.15) is 24.0 Å². The van der Waals surface area contributed by atoms with Crippen LogP contribution >= 0.6 is 11.8 Å². The lowest BCUT2D eigenvalue weighted by Gasteiger charge is -2.20. The van der Waals surface area contributed by atoms with E-state index in [-0.39, 0.29) is 11.4 Å². The molecule has 1 aliphatic carbocycles. The van der Waals surface area contributed by atoms with Gasteiger partial charge in [-0.25, -0.2) is 0 Å². The van der Waals surface area contributed by atoms with Crippen molar-refractivity contribution >= 4 is 39.8 Å². The number of fused-ring (bicyclic) bond motifs is 1. The molecule has 3 aliphatic rings. The zero-order valence-corrected chi connectivity index (χ0v) is 23.5. The lowest BCUT2D eigenvalue weighted by Crippen LogP contribution is -2.35. The van der Waals surface area contributed by atoms with Gasteiger partial charge in [-0.3, -0.25) is 10.2 Å². The fourth-order valence-corrected chi connectivity index (χ4v) is 6.06. The van der Waals surface area contributed by atoms with Gasteiger partial charge in [-0.1, -0.05) is 38.3 Å². The summed E-state index contributed by atoms with van der Waals surface area (Å²) in [6.07, 6.45) is 8.46. The third kappa shape index (κ3) is 6.19. The molecule has 8 nitrogen and oxygen atoms in total. The van der Waals surface area contributed by atoms with Crippen LogP contribution in [0.2, 0.25) is 0 Å². The Bertz CT molecular complexity index is 1360. The summed E-state index contributed by atoms with van der Waals surface area (Å²) in [5, 5.41) is 16.3. The number of nitrogens with one attached hydrogen (secondary N) is 1. The molecule has 2 aromatic carbocycles. The average molecular weight is 547 g/mol. The minimum Gasteiger partial charge on any atom is -0.493 e. The fourth-order valence-electron chi connectivity index (χ4n) is 5.00. The van der Waals surface area contributed by atoms with Crippen molar-refractivity contribution in [2.24, 2.45) is 16.0 Å². The molecule has 0 aromatic heterocycles. The first-order chi connectivity index (χ1) is 18.9. The highest BCUT2D eigenvalue weighted by molar-refractivity contribution is 8.27. The topological polar surface area (TPSA) is 96.6 Å². The molecule has 0 radical (unpaired) electrons. The maximum absolute atomic E-state index is 12.9. The molecule has 0 atom stereocenters. The van der Waals surface area contributed by atoms with Crippen molar-refractivity contribution in [3.05, 3.63) is 58.7 Å². The lowest BCUT2D eigenvalue weighted by atomic mass is 9.90. The van der Waals surface area contributed by atoms with Crippen LogP contribution in [0.3, 0.4) is 0 Å². The first kappa shape index (κ1) is 27.0. The number of thioether (sulfide) groups is 1. The minimum absolute atomic E-state index is 0.0436. The minimum atomic E-state index is -0.433. The van der Waals surface area contributed by atoms with Crippen LogP contribution in [0.4, 0.5) is 0 Å². The quantitative estimate of drug-likeness (QED) is 0.296. The van der Waals surface area contributed by atoms with E-state index in [2.05, 4.69) is 36.1 Å². The monoisotopic (exact) mass is 546 g/mol. The number of aryl methyl sites for hydroxylation is 2. The summed E-state index contributed by atoms with van der Waals surface area (Å²) >= 11 is 1.43. The summed E-state index contributed by atoms with van der Waals surface area (Å²) < 4.78 is 17.4. The van der Waals surface area contributed by atoms with Gasteiger partial charge in [0.15, 0.2) is 17.3 Å². The number of aliphatic imine (C=N–C) groups is 1. The Balaban J connectivity index is 1.24. The van der Waals surface area contributed by atoms with Gasteiger partial charge in [0, 0.05) is 5.92 Å². The first-order valence-corrected chi connectivity index (χ1v) is 14.3. The van der Waals surface area contributed by atoms with Gasteiger partial charge in [-0.2, -0.15) is 15.1 Å². The van der Waals surface area contributed by atoms with E-state index in [4.69, 9.17) is 19.6 Å². The van der Waals surface area contributed by atoms with E-state index in [9.17, 15) is 4.79 Å². The Morgan fingerprint density at radius 3 is 2.64 bits per heavy atom. The highest BCUT2D eigenvalue weighted by Crippen LogP contribution is 2.36. The molecule has 1 amide bonds. The lowest BCUT2D eigenvalue weighted by molar-refractivity contribution is -0.114. The number of carbonyl (C=O) groups is 1. The maximum Gasteiger partial charge on any atom is 0.283 e. The Labute approximate surface area is 233 Å². The number of hydrogen-bond acceptors (Lipinski definition) is 7. The third-order valence-corrected chi connectivity index (χ3v) is 8.12. The van der Waals surface area contributed by atoms with Crippen LogP contribution in [0.25, 0.3) is 6.08 Å². The molecule has 2 aromatic rings. The molecular weight excluding hydrogens is 512 g/mol. The SMILES string of the molecule is CCc1cc(C)cc(OCCOc2ccc(/C=C3/C(=N)N4N=C(C5CCCCC5)SC4=NC3=O)cc2OC)c1. The number of amides is 1. The van der Waals surface area contributed by atoms with Crippen molar-refractivity contribution in [3.63, 3.8) is 0 Å². The van der Waals surface area contributed by atoms with E-state index >= 15 is 0 Å². The summed E-state index contributed by atoms with van der Waals surface area (Å²) in [4.78, 5) is 17.1. The van der Waals surface area contributed by atoms with E-state index in [0.717, 1.165) is 30.1 Å². The van der Waals surface area contributed by atoms with Crippen LogP contribution in [0.1, 0.15) is 55.7 Å². The molecule has 0 spiro atoms. The zero-order valence-electron chi connectivity index (χ0n) is 22.7. The van der Waals surface area contributed by atoms with Gasteiger partial charge in [-0.05, 0) is 85.0 Å². The second-order valence-corrected chi connectivity index (χ2v) is 10.9. The van der Waals surface area contributed by atoms with Crippen molar-refractivity contribution in [1.82, 2.24) is 5.01 Å². The molecule has 0 saturated heterocycles. The molecule has 1 fully saturated rings. The molecule has 0 unspecified atom stereocenters. The largest absolute Gasteiger partial charge is 0.493 e. The van der Waals surface area contributed by atoms with Gasteiger partial charge >= 0.3 is 0 Å². The first-order valence-electron chi connectivity index (χ1n) is 13.5. The Morgan fingerprint density at radius 1 is 1.08 bits per heavy atom. The smallest absolute Gasteiger partial charge is 0.283 e. The van der Waals surface area contributed by atoms with Crippen molar-refractivity contribution < 1.29 is 19.0 Å². The molecule has 204 valence electrons. The molecular formula is C30H34N4O4S. The van der Waals surface area contributed by atoms with E-state index in [0.29, 0.717) is 41.4 Å².